The van der Waals surface area contributed by atoms with E-state index in [-0.39, 0.29) is 27.9 Å². The molecule has 0 aromatic heterocycles. The van der Waals surface area contributed by atoms with Gasteiger partial charge in [0.15, 0.2) is 17.5 Å². The monoisotopic (exact) mass is 440 g/mol. The summed E-state index contributed by atoms with van der Waals surface area (Å²) in [5.74, 6) is -0.0555. The number of hydrogen-bond donors (Lipinski definition) is 3. The van der Waals surface area contributed by atoms with Gasteiger partial charge in [-0.3, -0.25) is 10.1 Å². The smallest absolute Gasteiger partial charge is 0.264 e. The normalized spacial score (nSPS) is 11.1. The molecule has 0 atom stereocenters. The SMILES string of the molecule is Cc1cc(OCC(=O)NC(=S)Nc2cc(C(C)(C)C)cc(Cl)c2O)ccc1Cl. The number of benzene rings is 2. The fraction of sp³-hybridized carbons (Fsp3) is 0.300. The Morgan fingerprint density at radius 2 is 1.86 bits per heavy atom. The number of phenolic OH excluding ortho intramolecular Hbond substituents is 1. The van der Waals surface area contributed by atoms with Crippen molar-refractivity contribution < 1.29 is 14.6 Å². The van der Waals surface area contributed by atoms with E-state index in [4.69, 9.17) is 40.2 Å². The maximum Gasteiger partial charge on any atom is 0.264 e. The van der Waals surface area contributed by atoms with Crippen LogP contribution in [0.3, 0.4) is 0 Å². The lowest BCUT2D eigenvalue weighted by Crippen LogP contribution is -2.37. The summed E-state index contributed by atoms with van der Waals surface area (Å²) < 4.78 is 5.43. The summed E-state index contributed by atoms with van der Waals surface area (Å²) >= 11 is 17.2. The number of carbonyl (C=O) groups excluding carboxylic acids is 1. The van der Waals surface area contributed by atoms with Gasteiger partial charge in [0.2, 0.25) is 0 Å². The molecule has 5 nitrogen and oxygen atoms in total. The third kappa shape index (κ3) is 5.99. The van der Waals surface area contributed by atoms with E-state index in [0.717, 1.165) is 11.1 Å². The minimum Gasteiger partial charge on any atom is -0.504 e. The van der Waals surface area contributed by atoms with Crippen LogP contribution in [0, 0.1) is 6.92 Å². The van der Waals surface area contributed by atoms with Gasteiger partial charge in [-0.25, -0.2) is 0 Å². The Labute approximate surface area is 180 Å². The number of aryl methyl sites for hydroxylation is 1. The lowest BCUT2D eigenvalue weighted by atomic mass is 9.87. The quantitative estimate of drug-likeness (QED) is 0.450. The van der Waals surface area contributed by atoms with E-state index in [1.54, 1.807) is 30.3 Å². The maximum absolute atomic E-state index is 12.1. The van der Waals surface area contributed by atoms with Crippen molar-refractivity contribution in [3.63, 3.8) is 0 Å². The van der Waals surface area contributed by atoms with Crippen LogP contribution in [-0.4, -0.2) is 22.7 Å². The summed E-state index contributed by atoms with van der Waals surface area (Å²) in [5, 5.41) is 16.3. The first kappa shape index (κ1) is 22.3. The van der Waals surface area contributed by atoms with Gasteiger partial charge in [-0.05, 0) is 66.0 Å². The zero-order valence-corrected chi connectivity index (χ0v) is 18.4. The summed E-state index contributed by atoms with van der Waals surface area (Å²) in [5.41, 5.74) is 1.90. The first-order valence-electron chi connectivity index (χ1n) is 8.50. The van der Waals surface area contributed by atoms with E-state index >= 15 is 0 Å². The van der Waals surface area contributed by atoms with Crippen LogP contribution >= 0.6 is 35.4 Å². The van der Waals surface area contributed by atoms with Crippen molar-refractivity contribution in [3.05, 3.63) is 51.5 Å². The molecule has 2 aromatic rings. The molecule has 1 amide bonds. The summed E-state index contributed by atoms with van der Waals surface area (Å²) in [6, 6.07) is 8.56. The Bertz CT molecular complexity index is 911. The molecule has 0 saturated carbocycles. The van der Waals surface area contributed by atoms with Crippen LogP contribution in [0.1, 0.15) is 31.9 Å². The number of aromatic hydroxyl groups is 1. The van der Waals surface area contributed by atoms with Crippen molar-refractivity contribution in [3.8, 4) is 11.5 Å². The highest BCUT2D eigenvalue weighted by Crippen LogP contribution is 2.37. The molecule has 0 heterocycles. The molecule has 0 bridgehead atoms. The molecule has 0 radical (unpaired) electrons. The summed E-state index contributed by atoms with van der Waals surface area (Å²) in [4.78, 5) is 12.1. The average Bonchev–Trinajstić information content (AvgIpc) is 2.58. The lowest BCUT2D eigenvalue weighted by molar-refractivity contribution is -0.121. The molecule has 2 aromatic carbocycles. The van der Waals surface area contributed by atoms with E-state index in [9.17, 15) is 9.90 Å². The van der Waals surface area contributed by atoms with Crippen LogP contribution in [0.4, 0.5) is 5.69 Å². The Morgan fingerprint density at radius 3 is 2.46 bits per heavy atom. The molecule has 0 aliphatic rings. The number of hydrogen-bond acceptors (Lipinski definition) is 4. The van der Waals surface area contributed by atoms with Gasteiger partial charge in [0, 0.05) is 5.02 Å². The first-order chi connectivity index (χ1) is 13.0. The van der Waals surface area contributed by atoms with Crippen LogP contribution in [0.5, 0.6) is 11.5 Å². The van der Waals surface area contributed by atoms with Gasteiger partial charge < -0.3 is 15.2 Å². The van der Waals surface area contributed by atoms with Crippen molar-refractivity contribution in [2.45, 2.75) is 33.1 Å². The lowest BCUT2D eigenvalue weighted by Gasteiger charge is -2.21. The predicted octanol–water partition coefficient (Wildman–Crippen LogP) is 5.20. The van der Waals surface area contributed by atoms with Gasteiger partial charge in [0.05, 0.1) is 10.7 Å². The molecule has 0 aliphatic carbocycles. The highest BCUT2D eigenvalue weighted by Gasteiger charge is 2.19. The van der Waals surface area contributed by atoms with E-state index in [1.807, 2.05) is 27.7 Å². The van der Waals surface area contributed by atoms with E-state index in [1.165, 1.54) is 0 Å². The van der Waals surface area contributed by atoms with Gasteiger partial charge >= 0.3 is 0 Å². The standard InChI is InChI=1S/C20H22Cl2N2O3S/c1-11-7-13(5-6-14(11)21)27-10-17(25)24-19(28)23-16-9-12(20(2,3)4)8-15(22)18(16)26/h5-9,26H,10H2,1-4H3,(H2,23,24,25,28). The number of rotatable bonds is 4. The second kappa shape index (κ2) is 8.99. The number of carbonyl (C=O) groups is 1. The number of anilines is 1. The highest BCUT2D eigenvalue weighted by atomic mass is 35.5. The van der Waals surface area contributed by atoms with Crippen molar-refractivity contribution in [2.75, 3.05) is 11.9 Å². The molecule has 8 heteroatoms. The summed E-state index contributed by atoms with van der Waals surface area (Å²) in [7, 11) is 0. The van der Waals surface area contributed by atoms with Crippen LogP contribution < -0.4 is 15.4 Å². The third-order valence-electron chi connectivity index (χ3n) is 3.93. The summed E-state index contributed by atoms with van der Waals surface area (Å²) in [6.45, 7) is 7.69. The second-order valence-corrected chi connectivity index (χ2v) is 8.53. The fourth-order valence-corrected chi connectivity index (χ4v) is 2.86. The predicted molar refractivity (Wildman–Crippen MR) is 118 cm³/mol. The van der Waals surface area contributed by atoms with Gasteiger partial charge in [0.25, 0.3) is 5.91 Å². The molecule has 150 valence electrons. The largest absolute Gasteiger partial charge is 0.504 e. The van der Waals surface area contributed by atoms with Gasteiger partial charge in [-0.2, -0.15) is 0 Å². The molecule has 28 heavy (non-hydrogen) atoms. The Balaban J connectivity index is 1.98. The number of nitrogens with one attached hydrogen (secondary N) is 2. The van der Waals surface area contributed by atoms with E-state index in [2.05, 4.69) is 10.6 Å². The second-order valence-electron chi connectivity index (χ2n) is 7.31. The molecule has 0 fully saturated rings. The maximum atomic E-state index is 12.1. The number of halogens is 2. The molecule has 0 aliphatic heterocycles. The minimum atomic E-state index is -0.442. The van der Waals surface area contributed by atoms with Crippen LogP contribution in [0.2, 0.25) is 10.0 Å². The fourth-order valence-electron chi connectivity index (χ4n) is 2.30. The molecule has 0 saturated heterocycles. The van der Waals surface area contributed by atoms with Crippen LogP contribution in [-0.2, 0) is 10.2 Å². The highest BCUT2D eigenvalue weighted by molar-refractivity contribution is 7.80. The number of phenols is 1. The van der Waals surface area contributed by atoms with Crippen molar-refractivity contribution in [1.29, 1.82) is 0 Å². The van der Waals surface area contributed by atoms with Gasteiger partial charge in [0.1, 0.15) is 5.75 Å². The van der Waals surface area contributed by atoms with E-state index in [0.29, 0.717) is 16.5 Å². The zero-order chi connectivity index (χ0) is 21.1. The minimum absolute atomic E-state index is 0.0262. The molecule has 3 N–H and O–H groups in total. The van der Waals surface area contributed by atoms with Crippen LogP contribution in [0.15, 0.2) is 30.3 Å². The molecule has 2 rings (SSSR count). The Kier molecular flexibility index (Phi) is 7.15. The van der Waals surface area contributed by atoms with Crippen molar-refractivity contribution in [1.82, 2.24) is 5.32 Å². The third-order valence-corrected chi connectivity index (χ3v) is 4.85. The number of thiocarbonyl (C=S) groups is 1. The van der Waals surface area contributed by atoms with Crippen molar-refractivity contribution >= 4 is 52.1 Å². The topological polar surface area (TPSA) is 70.6 Å². The van der Waals surface area contributed by atoms with Crippen LogP contribution in [0.25, 0.3) is 0 Å². The molecular weight excluding hydrogens is 419 g/mol. The molecule has 0 unspecified atom stereocenters. The first-order valence-corrected chi connectivity index (χ1v) is 9.66. The van der Waals surface area contributed by atoms with Gasteiger partial charge in [-0.1, -0.05) is 44.0 Å². The Morgan fingerprint density at radius 1 is 1.18 bits per heavy atom. The average molecular weight is 441 g/mol. The molecule has 0 spiro atoms. The number of ether oxygens (including phenoxy) is 1. The molecular formula is C20H22Cl2N2O3S. The number of amides is 1. The van der Waals surface area contributed by atoms with Gasteiger partial charge in [-0.15, -0.1) is 0 Å². The zero-order valence-electron chi connectivity index (χ0n) is 16.0. The van der Waals surface area contributed by atoms with E-state index < -0.39 is 5.91 Å². The summed E-state index contributed by atoms with van der Waals surface area (Å²) in [6.07, 6.45) is 0. The Hall–Kier alpha value is -2.02. The van der Waals surface area contributed by atoms with Crippen molar-refractivity contribution in [2.24, 2.45) is 0 Å².